The van der Waals surface area contributed by atoms with Gasteiger partial charge < -0.3 is 14.3 Å². The van der Waals surface area contributed by atoms with Gasteiger partial charge in [0.1, 0.15) is 5.25 Å². The Bertz CT molecular complexity index is 857. The Morgan fingerprint density at radius 1 is 1.24 bits per heavy atom. The number of hydrogen-bond acceptors (Lipinski definition) is 5. The number of furan rings is 1. The summed E-state index contributed by atoms with van der Waals surface area (Å²) in [5, 5.41) is 11.9. The van der Waals surface area contributed by atoms with E-state index in [4.69, 9.17) is 4.42 Å². The highest BCUT2D eigenvalue weighted by atomic mass is 32.2. The first kappa shape index (κ1) is 16.0. The normalized spacial score (nSPS) is 15.1. The van der Waals surface area contributed by atoms with Crippen LogP contribution in [-0.2, 0) is 11.8 Å². The summed E-state index contributed by atoms with van der Waals surface area (Å²) >= 11 is 1.40. The average molecular weight is 354 g/mol. The molecule has 128 valence electrons. The molecule has 25 heavy (non-hydrogen) atoms. The average Bonchev–Trinajstić information content (AvgIpc) is 3.14. The molecule has 1 aliphatic rings. The van der Waals surface area contributed by atoms with Crippen LogP contribution < -0.4 is 5.32 Å². The zero-order chi connectivity index (χ0) is 17.2. The largest absolute Gasteiger partial charge is 0.461 e. The van der Waals surface area contributed by atoms with Crippen LogP contribution in [-0.4, -0.2) is 26.7 Å². The van der Waals surface area contributed by atoms with Gasteiger partial charge in [-0.2, -0.15) is 0 Å². The molecule has 2 aromatic heterocycles. The molecule has 0 spiro atoms. The van der Waals surface area contributed by atoms with Crippen molar-refractivity contribution in [3.05, 3.63) is 54.3 Å². The highest BCUT2D eigenvalue weighted by Gasteiger charge is 2.30. The molecule has 1 amide bonds. The van der Waals surface area contributed by atoms with Crippen LogP contribution in [0.3, 0.4) is 0 Å². The minimum Gasteiger partial charge on any atom is -0.461 e. The molecule has 0 bridgehead atoms. The summed E-state index contributed by atoms with van der Waals surface area (Å²) in [5.41, 5.74) is 0.952. The molecule has 1 atom stereocenters. The smallest absolute Gasteiger partial charge is 0.238 e. The number of nitrogens with zero attached hydrogens (tertiary/aromatic N) is 3. The summed E-state index contributed by atoms with van der Waals surface area (Å²) in [7, 11) is 1.88. The van der Waals surface area contributed by atoms with Crippen LogP contribution in [0.25, 0.3) is 11.6 Å². The van der Waals surface area contributed by atoms with Gasteiger partial charge in [-0.1, -0.05) is 42.1 Å². The predicted octanol–water partition coefficient (Wildman–Crippen LogP) is 3.19. The Hall–Kier alpha value is -2.54. The van der Waals surface area contributed by atoms with E-state index in [1.807, 2.05) is 54.1 Å². The number of amides is 1. The molecule has 0 unspecified atom stereocenters. The second-order valence-electron chi connectivity index (χ2n) is 6.03. The van der Waals surface area contributed by atoms with Gasteiger partial charge in [0, 0.05) is 13.1 Å². The van der Waals surface area contributed by atoms with E-state index in [2.05, 4.69) is 15.5 Å². The number of rotatable bonds is 6. The minimum absolute atomic E-state index is 0.0150. The molecule has 4 rings (SSSR count). The maximum Gasteiger partial charge on any atom is 0.238 e. The zero-order valence-electron chi connectivity index (χ0n) is 13.8. The van der Waals surface area contributed by atoms with E-state index in [1.165, 1.54) is 11.8 Å². The fraction of sp³-hybridized carbons (Fsp3) is 0.278. The van der Waals surface area contributed by atoms with Crippen LogP contribution in [0.2, 0.25) is 0 Å². The number of hydrogen-bond donors (Lipinski definition) is 1. The third-order valence-corrected chi connectivity index (χ3v) is 5.35. The van der Waals surface area contributed by atoms with Gasteiger partial charge in [-0.05, 0) is 30.5 Å². The first-order chi connectivity index (χ1) is 12.2. The van der Waals surface area contributed by atoms with Gasteiger partial charge in [-0.15, -0.1) is 10.2 Å². The van der Waals surface area contributed by atoms with Crippen LogP contribution in [0, 0.1) is 0 Å². The van der Waals surface area contributed by atoms with Crippen molar-refractivity contribution in [1.82, 2.24) is 20.1 Å². The molecule has 0 aliphatic heterocycles. The van der Waals surface area contributed by atoms with Gasteiger partial charge in [-0.3, -0.25) is 4.79 Å². The van der Waals surface area contributed by atoms with Crippen molar-refractivity contribution in [2.24, 2.45) is 7.05 Å². The number of carbonyl (C=O) groups is 1. The fourth-order valence-electron chi connectivity index (χ4n) is 2.55. The molecule has 1 fully saturated rings. The van der Waals surface area contributed by atoms with Crippen molar-refractivity contribution in [3.63, 3.8) is 0 Å². The van der Waals surface area contributed by atoms with Gasteiger partial charge in [0.2, 0.25) is 5.91 Å². The lowest BCUT2D eigenvalue weighted by atomic mass is 10.1. The quantitative estimate of drug-likeness (QED) is 0.688. The standard InChI is InChI=1S/C18H18N4O2S/c1-22-16(14-8-5-11-24-14)20-21-18(22)25-15(12-6-3-2-4-7-12)17(23)19-13-9-10-13/h2-8,11,13,15H,9-10H2,1H3,(H,19,23)/t15-/m0/s1. The molecule has 7 heteroatoms. The van der Waals surface area contributed by atoms with Crippen LogP contribution >= 0.6 is 11.8 Å². The Balaban J connectivity index is 1.61. The van der Waals surface area contributed by atoms with E-state index in [0.29, 0.717) is 22.8 Å². The van der Waals surface area contributed by atoms with E-state index in [0.717, 1.165) is 18.4 Å². The lowest BCUT2D eigenvalue weighted by molar-refractivity contribution is -0.120. The van der Waals surface area contributed by atoms with E-state index in [-0.39, 0.29) is 11.2 Å². The Kier molecular flexibility index (Phi) is 4.31. The summed E-state index contributed by atoms with van der Waals surface area (Å²) in [6.07, 6.45) is 3.72. The lowest BCUT2D eigenvalue weighted by Gasteiger charge is -2.16. The Morgan fingerprint density at radius 3 is 2.72 bits per heavy atom. The van der Waals surface area contributed by atoms with Gasteiger partial charge >= 0.3 is 0 Å². The molecule has 1 aliphatic carbocycles. The molecular weight excluding hydrogens is 336 g/mol. The third-order valence-electron chi connectivity index (χ3n) is 4.06. The molecular formula is C18H18N4O2S. The molecule has 2 heterocycles. The Labute approximate surface area is 149 Å². The SMILES string of the molecule is Cn1c(S[C@H](C(=O)NC2CC2)c2ccccc2)nnc1-c1ccco1. The molecule has 0 radical (unpaired) electrons. The van der Waals surface area contributed by atoms with Crippen molar-refractivity contribution in [2.45, 2.75) is 29.3 Å². The van der Waals surface area contributed by atoms with E-state index in [9.17, 15) is 4.79 Å². The van der Waals surface area contributed by atoms with Gasteiger partial charge in [0.05, 0.1) is 6.26 Å². The monoisotopic (exact) mass is 354 g/mol. The molecule has 1 saturated carbocycles. The number of thioether (sulfide) groups is 1. The molecule has 1 aromatic carbocycles. The second kappa shape index (κ2) is 6.76. The highest BCUT2D eigenvalue weighted by molar-refractivity contribution is 8.00. The van der Waals surface area contributed by atoms with Crippen molar-refractivity contribution >= 4 is 17.7 Å². The van der Waals surface area contributed by atoms with Crippen molar-refractivity contribution in [2.75, 3.05) is 0 Å². The number of carbonyl (C=O) groups excluding carboxylic acids is 1. The number of aromatic nitrogens is 3. The summed E-state index contributed by atoms with van der Waals surface area (Å²) in [5.74, 6) is 1.31. The summed E-state index contributed by atoms with van der Waals surface area (Å²) in [6, 6.07) is 13.7. The maximum absolute atomic E-state index is 12.7. The van der Waals surface area contributed by atoms with E-state index in [1.54, 1.807) is 6.26 Å². The molecule has 3 aromatic rings. The highest BCUT2D eigenvalue weighted by Crippen LogP contribution is 2.36. The summed E-state index contributed by atoms with van der Waals surface area (Å²) < 4.78 is 7.25. The topological polar surface area (TPSA) is 73.0 Å². The van der Waals surface area contributed by atoms with Crippen LogP contribution in [0.5, 0.6) is 0 Å². The van der Waals surface area contributed by atoms with Gasteiger partial charge in [0.15, 0.2) is 16.7 Å². The summed E-state index contributed by atoms with van der Waals surface area (Å²) in [4.78, 5) is 12.7. The predicted molar refractivity (Wildman–Crippen MR) is 94.9 cm³/mol. The van der Waals surface area contributed by atoms with Crippen molar-refractivity contribution in [3.8, 4) is 11.6 Å². The van der Waals surface area contributed by atoms with Crippen LogP contribution in [0.1, 0.15) is 23.7 Å². The minimum atomic E-state index is -0.367. The van der Waals surface area contributed by atoms with Gasteiger partial charge in [-0.25, -0.2) is 0 Å². The second-order valence-corrected chi connectivity index (χ2v) is 7.11. The third kappa shape index (κ3) is 3.46. The van der Waals surface area contributed by atoms with Crippen molar-refractivity contribution < 1.29 is 9.21 Å². The molecule has 0 saturated heterocycles. The van der Waals surface area contributed by atoms with Crippen molar-refractivity contribution in [1.29, 1.82) is 0 Å². The first-order valence-corrected chi connectivity index (χ1v) is 9.05. The van der Waals surface area contributed by atoms with Crippen LogP contribution in [0.4, 0.5) is 0 Å². The lowest BCUT2D eigenvalue weighted by Crippen LogP contribution is -2.29. The van der Waals surface area contributed by atoms with E-state index < -0.39 is 0 Å². The van der Waals surface area contributed by atoms with Gasteiger partial charge in [0.25, 0.3) is 0 Å². The maximum atomic E-state index is 12.7. The molecule has 6 nitrogen and oxygen atoms in total. The first-order valence-electron chi connectivity index (χ1n) is 8.17. The summed E-state index contributed by atoms with van der Waals surface area (Å²) in [6.45, 7) is 0. The number of nitrogens with one attached hydrogen (secondary N) is 1. The number of benzene rings is 1. The zero-order valence-corrected chi connectivity index (χ0v) is 14.6. The van der Waals surface area contributed by atoms with Crippen LogP contribution in [0.15, 0.2) is 58.3 Å². The molecule has 1 N–H and O–H groups in total. The van der Waals surface area contributed by atoms with E-state index >= 15 is 0 Å². The Morgan fingerprint density at radius 2 is 2.04 bits per heavy atom. The fourth-order valence-corrected chi connectivity index (χ4v) is 3.56.